The second-order valence-corrected chi connectivity index (χ2v) is 5.09. The maximum absolute atomic E-state index is 12.4. The highest BCUT2D eigenvalue weighted by atomic mass is 16.5. The van der Waals surface area contributed by atoms with E-state index >= 15 is 0 Å². The smallest absolute Gasteiger partial charge is 0.340 e. The minimum Gasteiger partial charge on any atom is -0.497 e. The Morgan fingerprint density at radius 1 is 1.26 bits per heavy atom. The van der Waals surface area contributed by atoms with Crippen molar-refractivity contribution in [2.45, 2.75) is 13.8 Å². The maximum Gasteiger partial charge on any atom is 0.340 e. The predicted octanol–water partition coefficient (Wildman–Crippen LogP) is 3.52. The van der Waals surface area contributed by atoms with Crippen LogP contribution in [0.5, 0.6) is 5.75 Å². The highest BCUT2D eigenvalue weighted by Crippen LogP contribution is 2.31. The van der Waals surface area contributed by atoms with Gasteiger partial charge in [-0.3, -0.25) is 4.57 Å². The summed E-state index contributed by atoms with van der Waals surface area (Å²) >= 11 is 0. The zero-order valence-corrected chi connectivity index (χ0v) is 13.4. The predicted molar refractivity (Wildman–Crippen MR) is 88.3 cm³/mol. The molecule has 0 radical (unpaired) electrons. The molecule has 0 saturated carbocycles. The molecule has 0 spiro atoms. The Morgan fingerprint density at radius 3 is 2.74 bits per heavy atom. The van der Waals surface area contributed by atoms with Gasteiger partial charge in [0.1, 0.15) is 11.6 Å². The molecular weight excluding hydrogens is 292 g/mol. The number of carbonyl (C=O) groups excluding carboxylic acids is 1. The monoisotopic (exact) mass is 310 g/mol. The van der Waals surface area contributed by atoms with Crippen molar-refractivity contribution in [2.75, 3.05) is 13.7 Å². The standard InChI is InChI=1S/C18H18N2O3/c1-4-23-18(21)17-12(2)20(16-7-5-6-10-19-16)15-9-8-13(22-3)11-14(15)17/h5-11H,4H2,1-3H3. The van der Waals surface area contributed by atoms with Gasteiger partial charge in [-0.25, -0.2) is 9.78 Å². The van der Waals surface area contributed by atoms with Gasteiger partial charge in [-0.15, -0.1) is 0 Å². The molecule has 0 aliphatic heterocycles. The number of pyridine rings is 1. The molecule has 0 aliphatic carbocycles. The van der Waals surface area contributed by atoms with Gasteiger partial charge in [-0.1, -0.05) is 6.07 Å². The van der Waals surface area contributed by atoms with Crippen molar-refractivity contribution in [3.63, 3.8) is 0 Å². The lowest BCUT2D eigenvalue weighted by molar-refractivity contribution is 0.0527. The Balaban J connectivity index is 2.33. The summed E-state index contributed by atoms with van der Waals surface area (Å²) in [7, 11) is 1.60. The van der Waals surface area contributed by atoms with Crippen molar-refractivity contribution in [3.05, 3.63) is 53.9 Å². The lowest BCUT2D eigenvalue weighted by atomic mass is 10.1. The summed E-state index contributed by atoms with van der Waals surface area (Å²) in [6.45, 7) is 4.03. The number of esters is 1. The number of nitrogens with zero attached hydrogens (tertiary/aromatic N) is 2. The number of aromatic nitrogens is 2. The number of benzene rings is 1. The number of methoxy groups -OCH3 is 1. The second kappa shape index (κ2) is 6.12. The summed E-state index contributed by atoms with van der Waals surface area (Å²) in [6.07, 6.45) is 1.73. The Labute approximate surface area is 134 Å². The summed E-state index contributed by atoms with van der Waals surface area (Å²) in [5.41, 5.74) is 2.24. The van der Waals surface area contributed by atoms with Crippen molar-refractivity contribution < 1.29 is 14.3 Å². The van der Waals surface area contributed by atoms with Gasteiger partial charge in [0, 0.05) is 17.3 Å². The van der Waals surface area contributed by atoms with Crippen LogP contribution in [0.2, 0.25) is 0 Å². The Hall–Kier alpha value is -2.82. The average molecular weight is 310 g/mol. The van der Waals surface area contributed by atoms with Crippen LogP contribution in [0.25, 0.3) is 16.7 Å². The molecule has 0 bridgehead atoms. The highest BCUT2D eigenvalue weighted by molar-refractivity contribution is 6.06. The molecule has 0 aliphatic rings. The summed E-state index contributed by atoms with van der Waals surface area (Å²) in [5.74, 6) is 1.12. The summed E-state index contributed by atoms with van der Waals surface area (Å²) in [4.78, 5) is 16.8. The van der Waals surface area contributed by atoms with E-state index in [2.05, 4.69) is 4.98 Å². The van der Waals surface area contributed by atoms with Crippen LogP contribution in [0.15, 0.2) is 42.6 Å². The first kappa shape index (κ1) is 15.1. The number of carbonyl (C=O) groups is 1. The van der Waals surface area contributed by atoms with Gasteiger partial charge in [0.05, 0.1) is 24.8 Å². The molecule has 5 nitrogen and oxygen atoms in total. The topological polar surface area (TPSA) is 53.4 Å². The third-order valence-electron chi connectivity index (χ3n) is 3.77. The summed E-state index contributed by atoms with van der Waals surface area (Å²) in [6, 6.07) is 11.3. The van der Waals surface area contributed by atoms with E-state index in [9.17, 15) is 4.79 Å². The van der Waals surface area contributed by atoms with E-state index < -0.39 is 0 Å². The van der Waals surface area contributed by atoms with Crippen molar-refractivity contribution in [2.24, 2.45) is 0 Å². The van der Waals surface area contributed by atoms with Crippen LogP contribution in [0.4, 0.5) is 0 Å². The minimum absolute atomic E-state index is 0.332. The van der Waals surface area contributed by atoms with Gasteiger partial charge < -0.3 is 9.47 Å². The van der Waals surface area contributed by atoms with Crippen molar-refractivity contribution in [3.8, 4) is 11.6 Å². The molecule has 5 heteroatoms. The van der Waals surface area contributed by atoms with Gasteiger partial charge in [0.25, 0.3) is 0 Å². The zero-order chi connectivity index (χ0) is 16.4. The van der Waals surface area contributed by atoms with Crippen molar-refractivity contribution in [1.29, 1.82) is 0 Å². The summed E-state index contributed by atoms with van der Waals surface area (Å²) in [5, 5.41) is 0.797. The van der Waals surface area contributed by atoms with E-state index in [1.165, 1.54) is 0 Å². The number of ether oxygens (including phenoxy) is 2. The highest BCUT2D eigenvalue weighted by Gasteiger charge is 2.22. The fourth-order valence-corrected chi connectivity index (χ4v) is 2.77. The SMILES string of the molecule is CCOC(=O)c1c(C)n(-c2ccccn2)c2ccc(OC)cc12. The van der Waals surface area contributed by atoms with E-state index in [-0.39, 0.29) is 5.97 Å². The van der Waals surface area contributed by atoms with Crippen LogP contribution < -0.4 is 4.74 Å². The van der Waals surface area contributed by atoms with Gasteiger partial charge in [0.2, 0.25) is 0 Å². The molecule has 0 unspecified atom stereocenters. The van der Waals surface area contributed by atoms with Gasteiger partial charge in [-0.2, -0.15) is 0 Å². The molecule has 3 rings (SSSR count). The molecule has 118 valence electrons. The lowest BCUT2D eigenvalue weighted by Gasteiger charge is -2.07. The molecule has 23 heavy (non-hydrogen) atoms. The molecule has 0 N–H and O–H groups in total. The Bertz CT molecular complexity index is 854. The zero-order valence-electron chi connectivity index (χ0n) is 13.4. The van der Waals surface area contributed by atoms with Crippen LogP contribution in [-0.2, 0) is 4.74 Å². The van der Waals surface area contributed by atoms with Gasteiger partial charge in [-0.05, 0) is 44.2 Å². The maximum atomic E-state index is 12.4. The Kier molecular flexibility index (Phi) is 4.02. The first-order valence-electron chi connectivity index (χ1n) is 7.45. The third-order valence-corrected chi connectivity index (χ3v) is 3.77. The molecule has 2 aromatic heterocycles. The molecular formula is C18H18N2O3. The molecule has 0 saturated heterocycles. The van der Waals surface area contributed by atoms with E-state index in [0.717, 1.165) is 22.4 Å². The second-order valence-electron chi connectivity index (χ2n) is 5.09. The number of fused-ring (bicyclic) bond motifs is 1. The Morgan fingerprint density at radius 2 is 2.09 bits per heavy atom. The van der Waals surface area contributed by atoms with Gasteiger partial charge >= 0.3 is 5.97 Å². The minimum atomic E-state index is -0.335. The van der Waals surface area contributed by atoms with Crippen LogP contribution in [-0.4, -0.2) is 29.2 Å². The molecule has 0 amide bonds. The number of hydrogen-bond acceptors (Lipinski definition) is 4. The molecule has 1 aromatic carbocycles. The third kappa shape index (κ3) is 2.54. The number of hydrogen-bond donors (Lipinski definition) is 0. The van der Waals surface area contributed by atoms with E-state index in [1.807, 2.05) is 47.9 Å². The first-order valence-corrected chi connectivity index (χ1v) is 7.45. The molecule has 0 atom stereocenters. The fourth-order valence-electron chi connectivity index (χ4n) is 2.77. The van der Waals surface area contributed by atoms with E-state index in [0.29, 0.717) is 17.9 Å². The molecule has 2 heterocycles. The number of rotatable bonds is 4. The summed E-state index contributed by atoms with van der Waals surface area (Å²) < 4.78 is 12.5. The normalized spacial score (nSPS) is 10.7. The average Bonchev–Trinajstić information content (AvgIpc) is 2.86. The fraction of sp³-hybridized carbons (Fsp3) is 0.222. The van der Waals surface area contributed by atoms with Gasteiger partial charge in [0.15, 0.2) is 0 Å². The molecule has 3 aromatic rings. The van der Waals surface area contributed by atoms with E-state index in [1.54, 1.807) is 20.2 Å². The lowest BCUT2D eigenvalue weighted by Crippen LogP contribution is -2.07. The van der Waals surface area contributed by atoms with Crippen molar-refractivity contribution >= 4 is 16.9 Å². The van der Waals surface area contributed by atoms with Crippen LogP contribution >= 0.6 is 0 Å². The van der Waals surface area contributed by atoms with Crippen LogP contribution in [0, 0.1) is 6.92 Å². The van der Waals surface area contributed by atoms with Crippen molar-refractivity contribution in [1.82, 2.24) is 9.55 Å². The van der Waals surface area contributed by atoms with Crippen LogP contribution in [0.3, 0.4) is 0 Å². The first-order chi connectivity index (χ1) is 11.2. The molecule has 0 fully saturated rings. The van der Waals surface area contributed by atoms with Crippen LogP contribution in [0.1, 0.15) is 23.0 Å². The largest absolute Gasteiger partial charge is 0.497 e. The quantitative estimate of drug-likeness (QED) is 0.692. The van der Waals surface area contributed by atoms with E-state index in [4.69, 9.17) is 9.47 Å².